The highest BCUT2D eigenvalue weighted by molar-refractivity contribution is 8.51. The van der Waals surface area contributed by atoms with Gasteiger partial charge < -0.3 is 9.47 Å². The lowest BCUT2D eigenvalue weighted by atomic mass is 9.78. The van der Waals surface area contributed by atoms with Crippen LogP contribution in [0.4, 0.5) is 0 Å². The predicted octanol–water partition coefficient (Wildman–Crippen LogP) is 7.07. The molecule has 0 aromatic rings. The Balaban J connectivity index is 4.34. The topological polar surface area (TPSA) is 18.5 Å². The number of ether oxygens (including phenoxy) is 2. The Kier molecular flexibility index (Phi) is 10.6. The lowest BCUT2D eigenvalue weighted by molar-refractivity contribution is -0.146. The Morgan fingerprint density at radius 3 is 2.10 bits per heavy atom. The van der Waals surface area contributed by atoms with Gasteiger partial charge in [0.1, 0.15) is 0 Å². The van der Waals surface area contributed by atoms with E-state index in [-0.39, 0.29) is 22.7 Å². The van der Waals surface area contributed by atoms with E-state index in [1.807, 2.05) is 0 Å². The maximum Gasteiger partial charge on any atom is 0.0655 e. The molecule has 0 aliphatic carbocycles. The molecule has 0 heterocycles. The summed E-state index contributed by atoms with van der Waals surface area (Å²) in [7, 11) is -1.69. The van der Waals surface area contributed by atoms with E-state index in [4.69, 9.17) is 9.47 Å². The van der Waals surface area contributed by atoms with Gasteiger partial charge in [0.05, 0.1) is 17.3 Å². The van der Waals surface area contributed by atoms with Gasteiger partial charge in [-0.25, -0.2) is 9.16 Å². The van der Waals surface area contributed by atoms with Gasteiger partial charge in [-0.1, -0.05) is 31.1 Å². The lowest BCUT2D eigenvalue weighted by Crippen LogP contribution is -2.41. The van der Waals surface area contributed by atoms with Crippen LogP contribution in [0.2, 0.25) is 0 Å². The third-order valence-electron chi connectivity index (χ3n) is 5.23. The molecule has 174 valence electrons. The largest absolute Gasteiger partial charge is 0.378 e. The molecule has 0 saturated carbocycles. The molecule has 0 fully saturated rings. The molecule has 0 aliphatic heterocycles. The van der Waals surface area contributed by atoms with Crippen LogP contribution in [0.25, 0.3) is 0 Å². The number of hydrogen-bond donors (Lipinski definition) is 1. The molecular formula is C26H52O2S. The maximum absolute atomic E-state index is 6.52. The molecule has 3 heteroatoms. The zero-order valence-corrected chi connectivity index (χ0v) is 22.5. The van der Waals surface area contributed by atoms with Crippen molar-refractivity contribution in [2.45, 2.75) is 104 Å². The van der Waals surface area contributed by atoms with Crippen molar-refractivity contribution in [1.82, 2.24) is 0 Å². The third-order valence-corrected chi connectivity index (χ3v) is 6.28. The molecule has 0 spiro atoms. The van der Waals surface area contributed by atoms with Gasteiger partial charge >= 0.3 is 0 Å². The summed E-state index contributed by atoms with van der Waals surface area (Å²) >= 11 is 0. The monoisotopic (exact) mass is 428 g/mol. The third kappa shape index (κ3) is 15.1. The number of allylic oxidation sites excluding steroid dienone is 1. The van der Waals surface area contributed by atoms with Crippen LogP contribution in [0, 0.1) is 16.6 Å². The van der Waals surface area contributed by atoms with Gasteiger partial charge in [-0.05, 0) is 97.2 Å². The molecule has 0 bridgehead atoms. The van der Waals surface area contributed by atoms with E-state index in [1.54, 1.807) is 0 Å². The molecule has 0 aliphatic rings. The summed E-state index contributed by atoms with van der Waals surface area (Å²) in [5.74, 6) is 3.38. The fourth-order valence-electron chi connectivity index (χ4n) is 3.59. The first kappa shape index (κ1) is 28.6. The van der Waals surface area contributed by atoms with Crippen molar-refractivity contribution in [2.24, 2.45) is 5.41 Å². The predicted molar refractivity (Wildman–Crippen MR) is 137 cm³/mol. The second-order valence-electron chi connectivity index (χ2n) is 12.2. The summed E-state index contributed by atoms with van der Waals surface area (Å²) in [6, 6.07) is 0. The van der Waals surface area contributed by atoms with Crippen LogP contribution in [-0.4, -0.2) is 48.9 Å². The molecule has 0 N–H and O–H groups in total. The molecule has 0 radical (unpaired) electrons. The van der Waals surface area contributed by atoms with Crippen molar-refractivity contribution < 1.29 is 9.47 Å². The fraction of sp³-hybridized carbons (Fsp3) is 0.846. The normalized spacial score (nSPS) is 17.4. The molecular weight excluding hydrogens is 376 g/mol. The van der Waals surface area contributed by atoms with Gasteiger partial charge in [0, 0.05) is 13.0 Å². The first-order valence-corrected chi connectivity index (χ1v) is 15.4. The van der Waals surface area contributed by atoms with E-state index in [0.717, 1.165) is 45.1 Å². The number of rotatable bonds is 13. The Morgan fingerprint density at radius 2 is 1.62 bits per heavy atom. The summed E-state index contributed by atoms with van der Waals surface area (Å²) in [6.07, 6.45) is 17.6. The van der Waals surface area contributed by atoms with E-state index in [9.17, 15) is 0 Å². The maximum atomic E-state index is 6.52. The highest BCUT2D eigenvalue weighted by atomic mass is 32.3. The van der Waals surface area contributed by atoms with Gasteiger partial charge in [-0.15, -0.1) is 6.58 Å². The number of thiol groups is 1. The van der Waals surface area contributed by atoms with Gasteiger partial charge in [0.2, 0.25) is 0 Å². The molecule has 29 heavy (non-hydrogen) atoms. The zero-order chi connectivity index (χ0) is 23.0. The molecule has 0 saturated heterocycles. The van der Waals surface area contributed by atoms with Crippen molar-refractivity contribution in [1.29, 1.82) is 0 Å². The number of unbranched alkanes of at least 4 members (excludes halogenated alkanes) is 1. The van der Waals surface area contributed by atoms with E-state index < -0.39 is 9.16 Å². The molecule has 0 rings (SSSR count). The molecule has 2 nitrogen and oxygen atoms in total. The molecule has 2 atom stereocenters. The summed E-state index contributed by atoms with van der Waals surface area (Å²) in [5.41, 5.74) is -0.295. The van der Waals surface area contributed by atoms with Crippen molar-refractivity contribution in [3.63, 3.8) is 0 Å². The summed E-state index contributed by atoms with van der Waals surface area (Å²) in [5, 5.41) is 3.50. The first-order valence-electron chi connectivity index (χ1n) is 11.4. The molecule has 2 unspecified atom stereocenters. The van der Waals surface area contributed by atoms with Crippen LogP contribution in [-0.2, 0) is 9.47 Å². The number of hydrogen-bond acceptors (Lipinski definition) is 2. The minimum absolute atomic E-state index is 0.111. The highest BCUT2D eigenvalue weighted by Gasteiger charge is 2.34. The summed E-state index contributed by atoms with van der Waals surface area (Å²) in [4.78, 5) is 0. The van der Waals surface area contributed by atoms with Gasteiger partial charge in [0.25, 0.3) is 0 Å². The Morgan fingerprint density at radius 1 is 1.03 bits per heavy atom. The van der Waals surface area contributed by atoms with E-state index in [2.05, 4.69) is 97.3 Å². The van der Waals surface area contributed by atoms with E-state index in [1.165, 1.54) is 0 Å². The standard InChI is InChI=1S/C26H52O2S/c1-13-26(8,14-2)22-25(6,7)28-24(4,5)19-20-27-23(3)18-16-15-17-21-29(9,10,11)12/h13,23,29H,1,14-16,18-20,22H2,2-12H3. The average Bonchev–Trinajstić information content (AvgIpc) is 2.50. The van der Waals surface area contributed by atoms with Crippen LogP contribution >= 0.6 is 9.16 Å². The highest BCUT2D eigenvalue weighted by Crippen LogP contribution is 2.54. The zero-order valence-electron chi connectivity index (χ0n) is 21.6. The van der Waals surface area contributed by atoms with E-state index in [0.29, 0.717) is 0 Å². The Hall–Kier alpha value is -0.430. The van der Waals surface area contributed by atoms with Gasteiger partial charge in [0.15, 0.2) is 0 Å². The Labute approximate surface area is 183 Å². The van der Waals surface area contributed by atoms with Crippen LogP contribution in [0.1, 0.15) is 87.0 Å². The van der Waals surface area contributed by atoms with Crippen LogP contribution in [0.5, 0.6) is 0 Å². The van der Waals surface area contributed by atoms with Crippen LogP contribution in [0.3, 0.4) is 0 Å². The van der Waals surface area contributed by atoms with Crippen molar-refractivity contribution in [3.05, 3.63) is 12.7 Å². The average molecular weight is 429 g/mol. The van der Waals surface area contributed by atoms with Crippen molar-refractivity contribution >= 4 is 9.16 Å². The summed E-state index contributed by atoms with van der Waals surface area (Å²) in [6.45, 7) is 20.1. The summed E-state index contributed by atoms with van der Waals surface area (Å²) < 4.78 is 12.6. The van der Waals surface area contributed by atoms with E-state index >= 15 is 0 Å². The fourth-order valence-corrected chi connectivity index (χ4v) is 4.33. The smallest absolute Gasteiger partial charge is 0.0655 e. The molecule has 0 aromatic heterocycles. The van der Waals surface area contributed by atoms with Crippen LogP contribution in [0.15, 0.2) is 12.7 Å². The van der Waals surface area contributed by atoms with Gasteiger partial charge in [-0.3, -0.25) is 0 Å². The quantitative estimate of drug-likeness (QED) is 0.146. The Bertz CT molecular complexity index is 562. The first-order chi connectivity index (χ1) is 12.9. The lowest BCUT2D eigenvalue weighted by Gasteiger charge is -2.41. The van der Waals surface area contributed by atoms with Gasteiger partial charge in [-0.2, -0.15) is 0 Å². The molecule has 0 aromatic carbocycles. The SMILES string of the molecule is C=CC(C)(CC)CC(C)(C)OC(C)(C)CCOC(C)CCCC#C[SH](C)(C)(C)C. The minimum atomic E-state index is -1.69. The molecule has 0 amide bonds. The second-order valence-corrected chi connectivity index (χ2v) is 19.6. The van der Waals surface area contributed by atoms with Crippen molar-refractivity contribution in [2.75, 3.05) is 31.6 Å². The second kappa shape index (κ2) is 10.7. The van der Waals surface area contributed by atoms with Crippen molar-refractivity contribution in [3.8, 4) is 11.2 Å². The van der Waals surface area contributed by atoms with Crippen LogP contribution < -0.4 is 0 Å². The minimum Gasteiger partial charge on any atom is -0.378 e.